The summed E-state index contributed by atoms with van der Waals surface area (Å²) in [6.45, 7) is 6.04. The van der Waals surface area contributed by atoms with E-state index < -0.39 is 82.2 Å². The zero-order valence-corrected chi connectivity index (χ0v) is 39.7. The highest BCUT2D eigenvalue weighted by molar-refractivity contribution is 8.14. The van der Waals surface area contributed by atoms with Gasteiger partial charge < -0.3 is 65.8 Å². The molecule has 1 aromatic heterocycles. The summed E-state index contributed by atoms with van der Waals surface area (Å²) >= 11 is 0. The van der Waals surface area contributed by atoms with Gasteiger partial charge in [-0.25, -0.2) is 18.7 Å². The Kier molecular flexibility index (Phi) is 21.5. The third-order valence-corrected chi connectivity index (χ3v) is 12.3. The Bertz CT molecular complexity index is 2290. The number of anilines is 2. The summed E-state index contributed by atoms with van der Waals surface area (Å²) in [7, 11) is -1.00. The van der Waals surface area contributed by atoms with E-state index in [2.05, 4.69) is 31.2 Å². The molecule has 23 heteroatoms. The van der Waals surface area contributed by atoms with E-state index in [0.717, 1.165) is 6.20 Å². The van der Waals surface area contributed by atoms with Crippen LogP contribution in [-0.4, -0.2) is 150 Å². The molecule has 0 spiro atoms. The maximum absolute atomic E-state index is 15.1. The number of aliphatic carboxylic acids is 1. The van der Waals surface area contributed by atoms with Crippen LogP contribution in [0.3, 0.4) is 0 Å². The maximum atomic E-state index is 15.1. The van der Waals surface area contributed by atoms with E-state index in [1.54, 1.807) is 38.3 Å². The number of nitrogens with one attached hydrogen (secondary N) is 4. The topological polar surface area (TPSA) is 275 Å². The molecule has 0 radical (unpaired) electrons. The van der Waals surface area contributed by atoms with Gasteiger partial charge in [0.15, 0.2) is 11.0 Å². The molecule has 0 unspecified atom stereocenters. The van der Waals surface area contributed by atoms with Gasteiger partial charge in [0.05, 0.1) is 65.5 Å². The summed E-state index contributed by atoms with van der Waals surface area (Å²) in [6, 6.07) is 5.33. The van der Waals surface area contributed by atoms with Gasteiger partial charge >= 0.3 is 5.97 Å². The number of carbonyl (C=O) groups excluding carboxylic acids is 4. The number of amides is 4. The average molecular weight is 989 g/mol. The molecular formula is C46H62F2N8O12S. The number of likely N-dealkylation sites (tertiary alicyclic amines) is 1. The number of nitrogens with two attached hydrogens (primary N) is 1. The van der Waals surface area contributed by atoms with Gasteiger partial charge in [0.1, 0.15) is 41.1 Å². The third kappa shape index (κ3) is 17.0. The van der Waals surface area contributed by atoms with Crippen molar-refractivity contribution >= 4 is 56.9 Å². The lowest BCUT2D eigenvalue weighted by Gasteiger charge is -2.30. The molecule has 2 aromatic carbocycles. The molecule has 378 valence electrons. The molecule has 4 amide bonds. The van der Waals surface area contributed by atoms with Crippen LogP contribution in [0, 0.1) is 17.6 Å². The van der Waals surface area contributed by atoms with E-state index in [1.807, 2.05) is 0 Å². The molecule has 0 saturated carbocycles. The van der Waals surface area contributed by atoms with E-state index in [0.29, 0.717) is 69.2 Å². The first-order valence-corrected chi connectivity index (χ1v) is 24.5. The second kappa shape index (κ2) is 27.4. The van der Waals surface area contributed by atoms with Gasteiger partial charge in [0.2, 0.25) is 29.6 Å². The van der Waals surface area contributed by atoms with Crippen molar-refractivity contribution in [2.45, 2.75) is 76.3 Å². The summed E-state index contributed by atoms with van der Waals surface area (Å²) in [5.74, 6) is -4.98. The van der Waals surface area contributed by atoms with E-state index in [1.165, 1.54) is 23.1 Å². The van der Waals surface area contributed by atoms with Gasteiger partial charge in [0.25, 0.3) is 0 Å². The second-order valence-electron chi connectivity index (χ2n) is 16.5. The van der Waals surface area contributed by atoms with Crippen LogP contribution in [0.1, 0.15) is 57.9 Å². The SMILES string of the molecule is CC(C)[C@H](NC(=O)[C@@H]1CCCN1C(=O)[C@H](CC(=O)O)NC(=O)CCOCCOCCOCCN)C(=O)N/C(O)=[S@](\C)Cc1cc2cc(c1)OCCCCOc1cc(F)ccc1-c1nc(ncc1F)N2. The summed E-state index contributed by atoms with van der Waals surface area (Å²) in [5, 5.41) is 31.3. The Balaban J connectivity index is 1.21. The summed E-state index contributed by atoms with van der Waals surface area (Å²) in [6.07, 6.45) is 3.57. The van der Waals surface area contributed by atoms with Crippen LogP contribution in [0.5, 0.6) is 11.5 Å². The molecule has 5 rings (SSSR count). The Morgan fingerprint density at radius 3 is 2.36 bits per heavy atom. The largest absolute Gasteiger partial charge is 0.494 e. The Labute approximate surface area is 401 Å². The van der Waals surface area contributed by atoms with Crippen molar-refractivity contribution < 1.29 is 66.7 Å². The van der Waals surface area contributed by atoms with Crippen molar-refractivity contribution in [1.82, 2.24) is 30.8 Å². The highest BCUT2D eigenvalue weighted by atomic mass is 32.2. The number of rotatable bonds is 21. The highest BCUT2D eigenvalue weighted by Crippen LogP contribution is 2.33. The molecule has 4 bridgehead atoms. The van der Waals surface area contributed by atoms with Crippen LogP contribution in [-0.2, 0) is 43.9 Å². The number of ether oxygens (including phenoxy) is 5. The monoisotopic (exact) mass is 988 g/mol. The fraction of sp³-hybridized carbons (Fsp3) is 0.522. The smallest absolute Gasteiger partial charge is 0.305 e. The minimum atomic E-state index is -1.47. The molecule has 3 aromatic rings. The molecular weight excluding hydrogens is 927 g/mol. The molecule has 20 nitrogen and oxygen atoms in total. The standard InChI is InChI=1S/C46H62F2N8O12S/c1-28(2)40(53-42(60)36-7-6-12-56(36)44(62)35(25-39(58)59)52-38(57)10-15-64-17-19-66-20-18-65-16-11-49)43(61)55-46(63)69(3)27-29-21-31-24-32(22-29)67-13-4-5-14-68-37-23-30(47)8-9-33(37)41-34(48)26-50-45(51-31)54-41/h8-9,21-24,26,28,35-36,40,63H,4-7,10-20,25,27,49H2,1-3H3,(H,52,57)(H,53,60)(H,55,61)(H,58,59)(H,50,51,54)/t35-,36-,40-,69+/m0/s1. The third-order valence-electron chi connectivity index (χ3n) is 10.8. The fourth-order valence-corrected chi connectivity index (χ4v) is 8.42. The molecule has 1 fully saturated rings. The molecule has 3 heterocycles. The zero-order chi connectivity index (χ0) is 49.9. The van der Waals surface area contributed by atoms with Crippen LogP contribution in [0.4, 0.5) is 20.4 Å². The number of aliphatic hydroxyl groups excluding tert-OH is 1. The van der Waals surface area contributed by atoms with Gasteiger partial charge in [-0.15, -0.1) is 10.5 Å². The van der Waals surface area contributed by atoms with Crippen molar-refractivity contribution in [2.24, 2.45) is 11.7 Å². The number of hydrogen-bond donors (Lipinski definition) is 7. The molecule has 2 aliphatic heterocycles. The van der Waals surface area contributed by atoms with E-state index >= 15 is 4.39 Å². The van der Waals surface area contributed by atoms with Crippen molar-refractivity contribution in [1.29, 1.82) is 0 Å². The molecule has 8 N–H and O–H groups in total. The van der Waals surface area contributed by atoms with Crippen molar-refractivity contribution in [3.8, 4) is 22.8 Å². The van der Waals surface area contributed by atoms with E-state index in [4.69, 9.17) is 29.4 Å². The van der Waals surface area contributed by atoms with Crippen molar-refractivity contribution in [2.75, 3.05) is 77.5 Å². The van der Waals surface area contributed by atoms with Gasteiger partial charge in [-0.1, -0.05) is 13.8 Å². The van der Waals surface area contributed by atoms with Gasteiger partial charge in [-0.3, -0.25) is 24.0 Å². The molecule has 1 saturated heterocycles. The average Bonchev–Trinajstić information content (AvgIpc) is 3.80. The van der Waals surface area contributed by atoms with Crippen LogP contribution in [0.25, 0.3) is 11.3 Å². The molecule has 4 atom stereocenters. The maximum Gasteiger partial charge on any atom is 0.305 e. The summed E-state index contributed by atoms with van der Waals surface area (Å²) in [5.41, 5.74) is 6.68. The van der Waals surface area contributed by atoms with Crippen molar-refractivity contribution in [3.05, 3.63) is 59.8 Å². The Morgan fingerprint density at radius 1 is 0.942 bits per heavy atom. The fourth-order valence-electron chi connectivity index (χ4n) is 7.34. The highest BCUT2D eigenvalue weighted by Gasteiger charge is 2.40. The lowest BCUT2D eigenvalue weighted by atomic mass is 10.0. The molecule has 69 heavy (non-hydrogen) atoms. The van der Waals surface area contributed by atoms with Crippen LogP contribution in [0.2, 0.25) is 0 Å². The van der Waals surface area contributed by atoms with Crippen LogP contribution >= 0.6 is 10.5 Å². The first-order chi connectivity index (χ1) is 33.1. The number of nitrogens with zero attached hydrogens (tertiary/aromatic N) is 3. The number of carboxylic acids is 1. The predicted octanol–water partition coefficient (Wildman–Crippen LogP) is 3.37. The Hall–Kier alpha value is -5.85. The molecule has 0 aliphatic carbocycles. The lowest BCUT2D eigenvalue weighted by molar-refractivity contribution is -0.146. The predicted molar refractivity (Wildman–Crippen MR) is 252 cm³/mol. The minimum Gasteiger partial charge on any atom is -0.494 e. The molecule has 2 aliphatic rings. The number of aromatic nitrogens is 2. The second-order valence-corrected chi connectivity index (χ2v) is 18.5. The number of benzene rings is 2. The van der Waals surface area contributed by atoms with Crippen LogP contribution in [0.15, 0.2) is 42.6 Å². The zero-order valence-electron chi connectivity index (χ0n) is 38.9. The lowest BCUT2D eigenvalue weighted by Crippen LogP contribution is -2.58. The van der Waals surface area contributed by atoms with Gasteiger partial charge in [-0.05, 0) is 67.7 Å². The van der Waals surface area contributed by atoms with Gasteiger partial charge in [-0.2, -0.15) is 0 Å². The quantitative estimate of drug-likeness (QED) is 0.0596. The summed E-state index contributed by atoms with van der Waals surface area (Å²) in [4.78, 5) is 75.5. The summed E-state index contributed by atoms with van der Waals surface area (Å²) < 4.78 is 57.2. The number of halogens is 2. The Morgan fingerprint density at radius 2 is 1.65 bits per heavy atom. The van der Waals surface area contributed by atoms with Crippen molar-refractivity contribution in [3.63, 3.8) is 0 Å². The number of fused-ring (bicyclic) bond motifs is 6. The number of hydrogen-bond acceptors (Lipinski definition) is 14. The minimum absolute atomic E-state index is 0.0122. The normalized spacial score (nSPS) is 16.3. The number of carboxylic acid groups (broad SMARTS) is 1. The van der Waals surface area contributed by atoms with E-state index in [-0.39, 0.29) is 79.7 Å². The first kappa shape index (κ1) is 54.1. The first-order valence-electron chi connectivity index (χ1n) is 22.7. The van der Waals surface area contributed by atoms with Crippen LogP contribution < -0.4 is 36.5 Å². The number of carbonyl (C=O) groups is 5. The number of aliphatic hydroxyl groups is 1. The van der Waals surface area contributed by atoms with Gasteiger partial charge in [0, 0.05) is 48.6 Å². The van der Waals surface area contributed by atoms with E-state index in [9.17, 15) is 38.6 Å².